The molecule has 1 amide bonds. The third-order valence-corrected chi connectivity index (χ3v) is 4.86. The van der Waals surface area contributed by atoms with Gasteiger partial charge in [0.05, 0.1) is 5.92 Å². The van der Waals surface area contributed by atoms with E-state index in [0.29, 0.717) is 13.0 Å². The molecule has 0 saturated carbocycles. The van der Waals surface area contributed by atoms with Gasteiger partial charge in [-0.2, -0.15) is 0 Å². The Kier molecular flexibility index (Phi) is 7.45. The third kappa shape index (κ3) is 6.49. The largest absolute Gasteiger partial charge is 0.356 e. The van der Waals surface area contributed by atoms with E-state index in [9.17, 15) is 13.6 Å². The average molecular weight is 394 g/mol. The molecular formula is C24H24F2N2O. The molecule has 0 bridgehead atoms. The van der Waals surface area contributed by atoms with Gasteiger partial charge < -0.3 is 5.32 Å². The molecule has 1 N–H and O–H groups in total. The smallest absolute Gasteiger partial charge is 0.227 e. The van der Waals surface area contributed by atoms with Crippen molar-refractivity contribution < 1.29 is 13.6 Å². The van der Waals surface area contributed by atoms with Crippen LogP contribution in [0.2, 0.25) is 0 Å². The first-order chi connectivity index (χ1) is 14.1. The molecule has 1 unspecified atom stereocenters. The van der Waals surface area contributed by atoms with Crippen LogP contribution in [-0.2, 0) is 17.6 Å². The maximum absolute atomic E-state index is 13.3. The van der Waals surface area contributed by atoms with Crippen LogP contribution in [0.5, 0.6) is 0 Å². The van der Waals surface area contributed by atoms with E-state index in [-0.39, 0.29) is 17.5 Å². The lowest BCUT2D eigenvalue weighted by atomic mass is 9.91. The number of halogens is 2. The summed E-state index contributed by atoms with van der Waals surface area (Å²) in [5.74, 6) is -1.05. The van der Waals surface area contributed by atoms with Crippen LogP contribution in [0.15, 0.2) is 73.1 Å². The van der Waals surface area contributed by atoms with Crippen molar-refractivity contribution in [3.8, 4) is 0 Å². The topological polar surface area (TPSA) is 42.0 Å². The summed E-state index contributed by atoms with van der Waals surface area (Å²) in [7, 11) is 0. The third-order valence-electron chi connectivity index (χ3n) is 4.86. The Morgan fingerprint density at radius 2 is 1.59 bits per heavy atom. The number of aromatic nitrogens is 1. The fourth-order valence-corrected chi connectivity index (χ4v) is 3.25. The number of nitrogens with zero attached hydrogens (tertiary/aromatic N) is 1. The van der Waals surface area contributed by atoms with E-state index in [4.69, 9.17) is 0 Å². The number of benzene rings is 2. The van der Waals surface area contributed by atoms with Gasteiger partial charge in [0.1, 0.15) is 11.6 Å². The van der Waals surface area contributed by atoms with Gasteiger partial charge >= 0.3 is 0 Å². The van der Waals surface area contributed by atoms with Crippen molar-refractivity contribution in [2.75, 3.05) is 6.54 Å². The van der Waals surface area contributed by atoms with E-state index in [1.807, 2.05) is 12.1 Å². The highest BCUT2D eigenvalue weighted by Gasteiger charge is 2.21. The number of unbranched alkanes of at least 4 members (excludes halogenated alkanes) is 1. The van der Waals surface area contributed by atoms with E-state index < -0.39 is 5.92 Å². The molecule has 3 nitrogen and oxygen atoms in total. The molecule has 0 spiro atoms. The van der Waals surface area contributed by atoms with Crippen molar-refractivity contribution in [3.05, 3.63) is 101 Å². The Morgan fingerprint density at radius 1 is 0.897 bits per heavy atom. The molecule has 150 valence electrons. The monoisotopic (exact) mass is 394 g/mol. The van der Waals surface area contributed by atoms with Crippen LogP contribution in [-0.4, -0.2) is 17.4 Å². The van der Waals surface area contributed by atoms with Gasteiger partial charge in [0.25, 0.3) is 0 Å². The first kappa shape index (κ1) is 20.6. The number of rotatable bonds is 9. The van der Waals surface area contributed by atoms with Crippen LogP contribution in [0, 0.1) is 11.6 Å². The lowest BCUT2D eigenvalue weighted by molar-refractivity contribution is -0.122. The molecule has 1 aromatic heterocycles. The van der Waals surface area contributed by atoms with Crippen LogP contribution >= 0.6 is 0 Å². The summed E-state index contributed by atoms with van der Waals surface area (Å²) in [6.07, 6.45) is 6.50. The van der Waals surface area contributed by atoms with E-state index in [0.717, 1.165) is 36.0 Å². The summed E-state index contributed by atoms with van der Waals surface area (Å²) < 4.78 is 26.2. The Balaban J connectivity index is 1.54. The summed E-state index contributed by atoms with van der Waals surface area (Å²) in [5.41, 5.74) is 2.81. The highest BCUT2D eigenvalue weighted by atomic mass is 19.1. The fourth-order valence-electron chi connectivity index (χ4n) is 3.25. The zero-order valence-corrected chi connectivity index (χ0v) is 16.2. The molecule has 0 saturated heterocycles. The standard InChI is InChI=1S/C24H24F2N2O/c25-21-10-6-18(7-11-21)4-1-2-15-28-24(29)23(16-19-5-3-14-27-17-19)20-8-12-22(26)13-9-20/h3,5-14,17,23H,1-2,4,15-16H2,(H,28,29). The Morgan fingerprint density at radius 3 is 2.24 bits per heavy atom. The number of aryl methyl sites for hydroxylation is 1. The Hall–Kier alpha value is -3.08. The Bertz CT molecular complexity index is 896. The second-order valence-corrected chi connectivity index (χ2v) is 7.04. The van der Waals surface area contributed by atoms with Gasteiger partial charge in [0.15, 0.2) is 0 Å². The number of carbonyl (C=O) groups excluding carboxylic acids is 1. The molecule has 0 fully saturated rings. The van der Waals surface area contributed by atoms with Crippen molar-refractivity contribution in [3.63, 3.8) is 0 Å². The summed E-state index contributed by atoms with van der Waals surface area (Å²) in [6, 6.07) is 16.3. The predicted octanol–water partition coefficient (Wildman–Crippen LogP) is 4.83. The van der Waals surface area contributed by atoms with Gasteiger partial charge in [-0.05, 0) is 72.7 Å². The molecule has 0 aliphatic rings. The van der Waals surface area contributed by atoms with Crippen LogP contribution < -0.4 is 5.32 Å². The van der Waals surface area contributed by atoms with Gasteiger partial charge in [-0.25, -0.2) is 8.78 Å². The second-order valence-electron chi connectivity index (χ2n) is 7.04. The van der Waals surface area contributed by atoms with Crippen LogP contribution in [0.4, 0.5) is 8.78 Å². The zero-order chi connectivity index (χ0) is 20.5. The molecular weight excluding hydrogens is 370 g/mol. The van der Waals surface area contributed by atoms with Crippen molar-refractivity contribution in [1.82, 2.24) is 10.3 Å². The van der Waals surface area contributed by atoms with Crippen molar-refractivity contribution in [2.45, 2.75) is 31.6 Å². The summed E-state index contributed by atoms with van der Waals surface area (Å²) in [4.78, 5) is 16.9. The minimum absolute atomic E-state index is 0.0813. The molecule has 2 aromatic carbocycles. The van der Waals surface area contributed by atoms with Crippen molar-refractivity contribution in [1.29, 1.82) is 0 Å². The molecule has 0 radical (unpaired) electrons. The lowest BCUT2D eigenvalue weighted by Crippen LogP contribution is -2.31. The Labute approximate surface area is 169 Å². The van der Waals surface area contributed by atoms with Crippen LogP contribution in [0.3, 0.4) is 0 Å². The van der Waals surface area contributed by atoms with Crippen LogP contribution in [0.25, 0.3) is 0 Å². The number of hydrogen-bond donors (Lipinski definition) is 1. The predicted molar refractivity (Wildman–Crippen MR) is 109 cm³/mol. The quantitative estimate of drug-likeness (QED) is 0.529. The second kappa shape index (κ2) is 10.5. The minimum Gasteiger partial charge on any atom is -0.356 e. The summed E-state index contributed by atoms with van der Waals surface area (Å²) >= 11 is 0. The molecule has 5 heteroatoms. The first-order valence-electron chi connectivity index (χ1n) is 9.78. The highest BCUT2D eigenvalue weighted by molar-refractivity contribution is 5.84. The maximum atomic E-state index is 13.3. The number of hydrogen-bond acceptors (Lipinski definition) is 2. The number of amides is 1. The van der Waals surface area contributed by atoms with E-state index in [1.165, 1.54) is 24.3 Å². The van der Waals surface area contributed by atoms with Crippen molar-refractivity contribution >= 4 is 5.91 Å². The first-order valence-corrected chi connectivity index (χ1v) is 9.78. The zero-order valence-electron chi connectivity index (χ0n) is 16.2. The molecule has 3 aromatic rings. The number of carbonyl (C=O) groups is 1. The van der Waals surface area contributed by atoms with Gasteiger partial charge in [-0.15, -0.1) is 0 Å². The van der Waals surface area contributed by atoms with Crippen molar-refractivity contribution in [2.24, 2.45) is 0 Å². The normalized spacial score (nSPS) is 11.8. The lowest BCUT2D eigenvalue weighted by Gasteiger charge is -2.17. The van der Waals surface area contributed by atoms with Crippen LogP contribution in [0.1, 0.15) is 35.4 Å². The minimum atomic E-state index is -0.406. The molecule has 0 aliphatic carbocycles. The van der Waals surface area contributed by atoms with Gasteiger partial charge in [-0.1, -0.05) is 30.3 Å². The van der Waals surface area contributed by atoms with Gasteiger partial charge in [-0.3, -0.25) is 9.78 Å². The average Bonchev–Trinajstić information content (AvgIpc) is 2.74. The molecule has 0 aliphatic heterocycles. The van der Waals surface area contributed by atoms with E-state index >= 15 is 0 Å². The highest BCUT2D eigenvalue weighted by Crippen LogP contribution is 2.21. The number of nitrogens with one attached hydrogen (secondary N) is 1. The summed E-state index contributed by atoms with van der Waals surface area (Å²) in [6.45, 7) is 0.560. The summed E-state index contributed by atoms with van der Waals surface area (Å²) in [5, 5.41) is 3.00. The number of pyridine rings is 1. The molecule has 3 rings (SSSR count). The molecule has 1 atom stereocenters. The molecule has 1 heterocycles. The van der Waals surface area contributed by atoms with E-state index in [1.54, 1.807) is 36.7 Å². The van der Waals surface area contributed by atoms with E-state index in [2.05, 4.69) is 10.3 Å². The molecule has 29 heavy (non-hydrogen) atoms. The SMILES string of the molecule is O=C(NCCCCc1ccc(F)cc1)C(Cc1cccnc1)c1ccc(F)cc1. The van der Waals surface area contributed by atoms with Gasteiger partial charge in [0.2, 0.25) is 5.91 Å². The fraction of sp³-hybridized carbons (Fsp3) is 0.250. The maximum Gasteiger partial charge on any atom is 0.227 e. The van der Waals surface area contributed by atoms with Gasteiger partial charge in [0, 0.05) is 18.9 Å².